The molecule has 9 heteroatoms. The fourth-order valence-corrected chi connectivity index (χ4v) is 4.97. The van der Waals surface area contributed by atoms with Crippen LogP contribution in [0.15, 0.2) is 49.1 Å². The van der Waals surface area contributed by atoms with Crippen LogP contribution >= 0.6 is 11.3 Å². The Morgan fingerprint density at radius 3 is 2.16 bits per heavy atom. The second-order valence-corrected chi connectivity index (χ2v) is 9.04. The number of aromatic nitrogens is 7. The molecule has 0 unspecified atom stereocenters. The predicted molar refractivity (Wildman–Crippen MR) is 125 cm³/mol. The first-order valence-corrected chi connectivity index (χ1v) is 11.0. The second kappa shape index (κ2) is 6.91. The van der Waals surface area contributed by atoms with Crippen LogP contribution in [0.25, 0.3) is 54.7 Å². The van der Waals surface area contributed by atoms with Crippen molar-refractivity contribution in [3.63, 3.8) is 0 Å². The van der Waals surface area contributed by atoms with Crippen molar-refractivity contribution in [1.29, 1.82) is 0 Å². The molecule has 0 radical (unpaired) electrons. The smallest absolute Gasteiger partial charge is 0.181 e. The third-order valence-corrected chi connectivity index (χ3v) is 6.69. The zero-order valence-electron chi connectivity index (χ0n) is 17.7. The highest BCUT2D eigenvalue weighted by Crippen LogP contribution is 2.38. The first-order chi connectivity index (χ1) is 15.4. The van der Waals surface area contributed by atoms with E-state index in [1.54, 1.807) is 22.5 Å². The van der Waals surface area contributed by atoms with Crippen LogP contribution in [0.1, 0.15) is 17.9 Å². The van der Waals surface area contributed by atoms with E-state index in [9.17, 15) is 5.11 Å². The van der Waals surface area contributed by atoms with Gasteiger partial charge >= 0.3 is 0 Å². The van der Waals surface area contributed by atoms with Gasteiger partial charge in [0.2, 0.25) is 0 Å². The lowest BCUT2D eigenvalue weighted by atomic mass is 10.0. The number of nitrogens with zero attached hydrogens (tertiary/aromatic N) is 7. The summed E-state index contributed by atoms with van der Waals surface area (Å²) in [5.74, 6) is 0. The van der Waals surface area contributed by atoms with E-state index in [1.807, 2.05) is 38.8 Å². The largest absolute Gasteiger partial charge is 0.388 e. The minimum absolute atomic E-state index is 0.558. The average molecular weight is 442 g/mol. The fourth-order valence-electron chi connectivity index (χ4n) is 3.98. The van der Waals surface area contributed by atoms with E-state index in [2.05, 4.69) is 38.4 Å². The third kappa shape index (κ3) is 3.05. The average Bonchev–Trinajstić information content (AvgIpc) is 3.45. The topological polar surface area (TPSA) is 94.5 Å². The zero-order chi connectivity index (χ0) is 22.0. The van der Waals surface area contributed by atoms with Crippen LogP contribution in [0.2, 0.25) is 0 Å². The molecule has 1 atom stereocenters. The van der Waals surface area contributed by atoms with Crippen LogP contribution in [0, 0.1) is 0 Å². The van der Waals surface area contributed by atoms with Gasteiger partial charge in [-0.05, 0) is 36.8 Å². The minimum atomic E-state index is -0.558. The van der Waals surface area contributed by atoms with E-state index in [-0.39, 0.29) is 0 Å². The Morgan fingerprint density at radius 1 is 0.875 bits per heavy atom. The molecule has 0 amide bonds. The van der Waals surface area contributed by atoms with Crippen molar-refractivity contribution >= 4 is 43.6 Å². The van der Waals surface area contributed by atoms with Crippen LogP contribution in [0.5, 0.6) is 0 Å². The van der Waals surface area contributed by atoms with E-state index in [0.717, 1.165) is 48.3 Å². The standard InChI is InChI=1S/C23H19N7OS/c1-12(31)20-7-18-17(13-4-15-10-29(2)27-21(15)24-8-13)6-19(26-23(18)32-20)14-5-16-11-30(3)28-22(16)25-9-14/h4-12,31H,1-3H3/t12-/m0/s1. The van der Waals surface area contributed by atoms with Gasteiger partial charge in [0.1, 0.15) is 4.83 Å². The molecular weight excluding hydrogens is 422 g/mol. The maximum atomic E-state index is 10.2. The van der Waals surface area contributed by atoms with Crippen LogP contribution < -0.4 is 0 Å². The molecule has 0 bridgehead atoms. The summed E-state index contributed by atoms with van der Waals surface area (Å²) in [5, 5.41) is 21.8. The summed E-state index contributed by atoms with van der Waals surface area (Å²) in [7, 11) is 3.77. The lowest BCUT2D eigenvalue weighted by Crippen LogP contribution is -1.90. The van der Waals surface area contributed by atoms with Crippen LogP contribution in [0.4, 0.5) is 0 Å². The summed E-state index contributed by atoms with van der Waals surface area (Å²) >= 11 is 1.50. The Labute approximate surface area is 186 Å². The molecule has 0 aliphatic rings. The van der Waals surface area contributed by atoms with Crippen LogP contribution in [-0.2, 0) is 14.1 Å². The van der Waals surface area contributed by atoms with Crippen molar-refractivity contribution in [2.24, 2.45) is 14.1 Å². The summed E-state index contributed by atoms with van der Waals surface area (Å²) in [6.07, 6.45) is 7.00. The quantitative estimate of drug-likeness (QED) is 0.441. The van der Waals surface area contributed by atoms with Crippen LogP contribution in [0.3, 0.4) is 0 Å². The number of aryl methyl sites for hydroxylation is 2. The van der Waals surface area contributed by atoms with E-state index in [1.165, 1.54) is 11.3 Å². The van der Waals surface area contributed by atoms with Gasteiger partial charge in [0.05, 0.1) is 11.8 Å². The SMILES string of the molecule is C[C@H](O)c1cc2c(-c3cnc4nn(C)cc4c3)cc(-c3cnc4nn(C)cc4c3)nc2s1. The predicted octanol–water partition coefficient (Wildman–Crippen LogP) is 4.25. The highest BCUT2D eigenvalue weighted by Gasteiger charge is 2.16. The van der Waals surface area contributed by atoms with Gasteiger partial charge < -0.3 is 5.11 Å². The number of thiophene rings is 1. The highest BCUT2D eigenvalue weighted by molar-refractivity contribution is 7.18. The number of pyridine rings is 3. The first-order valence-electron chi connectivity index (χ1n) is 10.2. The Bertz CT molecular complexity index is 1640. The number of fused-ring (bicyclic) bond motifs is 3. The Hall–Kier alpha value is -3.69. The molecule has 0 fully saturated rings. The fraction of sp³-hybridized carbons (Fsp3) is 0.174. The van der Waals surface area contributed by atoms with E-state index in [0.29, 0.717) is 11.3 Å². The maximum absolute atomic E-state index is 10.2. The highest BCUT2D eigenvalue weighted by atomic mass is 32.1. The summed E-state index contributed by atoms with van der Waals surface area (Å²) in [6, 6.07) is 8.24. The second-order valence-electron chi connectivity index (χ2n) is 7.98. The van der Waals surface area contributed by atoms with Crippen molar-refractivity contribution in [2.75, 3.05) is 0 Å². The molecule has 6 rings (SSSR count). The number of aliphatic hydroxyl groups is 1. The van der Waals surface area contributed by atoms with Gasteiger partial charge in [-0.25, -0.2) is 15.0 Å². The molecule has 32 heavy (non-hydrogen) atoms. The molecule has 6 aromatic rings. The number of aliphatic hydroxyl groups excluding tert-OH is 1. The first kappa shape index (κ1) is 19.0. The molecule has 1 N–H and O–H groups in total. The summed E-state index contributed by atoms with van der Waals surface area (Å²) in [4.78, 5) is 15.7. The monoisotopic (exact) mass is 441 g/mol. The molecule has 0 spiro atoms. The molecule has 6 aromatic heterocycles. The maximum Gasteiger partial charge on any atom is 0.181 e. The molecule has 0 saturated carbocycles. The van der Waals surface area contributed by atoms with Crippen molar-refractivity contribution < 1.29 is 5.11 Å². The molecule has 8 nitrogen and oxygen atoms in total. The normalized spacial score (nSPS) is 12.9. The summed E-state index contributed by atoms with van der Waals surface area (Å²) < 4.78 is 3.52. The van der Waals surface area contributed by atoms with Gasteiger partial charge in [-0.3, -0.25) is 9.36 Å². The van der Waals surface area contributed by atoms with Crippen molar-refractivity contribution in [1.82, 2.24) is 34.5 Å². The van der Waals surface area contributed by atoms with E-state index >= 15 is 0 Å². The van der Waals surface area contributed by atoms with Gasteiger partial charge in [-0.15, -0.1) is 11.3 Å². The molecule has 0 aliphatic carbocycles. The van der Waals surface area contributed by atoms with Crippen molar-refractivity contribution in [3.05, 3.63) is 53.9 Å². The zero-order valence-corrected chi connectivity index (χ0v) is 18.5. The number of hydrogen-bond acceptors (Lipinski definition) is 7. The summed E-state index contributed by atoms with van der Waals surface area (Å²) in [5.41, 5.74) is 5.13. The van der Waals surface area contributed by atoms with Gasteiger partial charge in [0.15, 0.2) is 11.3 Å². The van der Waals surface area contributed by atoms with Crippen molar-refractivity contribution in [3.8, 4) is 22.4 Å². The van der Waals surface area contributed by atoms with Crippen molar-refractivity contribution in [2.45, 2.75) is 13.0 Å². The molecule has 0 aliphatic heterocycles. The summed E-state index contributed by atoms with van der Waals surface area (Å²) in [6.45, 7) is 1.77. The molecule has 0 saturated heterocycles. The van der Waals surface area contributed by atoms with Gasteiger partial charge in [-0.1, -0.05) is 0 Å². The third-order valence-electron chi connectivity index (χ3n) is 5.49. The Balaban J connectivity index is 1.60. The van der Waals surface area contributed by atoms with Gasteiger partial charge in [-0.2, -0.15) is 10.2 Å². The van der Waals surface area contributed by atoms with E-state index < -0.39 is 6.10 Å². The Morgan fingerprint density at radius 2 is 1.50 bits per heavy atom. The van der Waals surface area contributed by atoms with Crippen LogP contribution in [-0.4, -0.2) is 39.6 Å². The number of hydrogen-bond donors (Lipinski definition) is 1. The van der Waals surface area contributed by atoms with Gasteiger partial charge in [0.25, 0.3) is 0 Å². The molecular formula is C23H19N7OS. The van der Waals surface area contributed by atoms with Gasteiger partial charge in [0, 0.05) is 71.0 Å². The Kier molecular flexibility index (Phi) is 4.11. The molecule has 6 heterocycles. The molecule has 0 aromatic carbocycles. The lowest BCUT2D eigenvalue weighted by Gasteiger charge is -2.08. The lowest BCUT2D eigenvalue weighted by molar-refractivity contribution is 0.203. The minimum Gasteiger partial charge on any atom is -0.388 e. The van der Waals surface area contributed by atoms with E-state index in [4.69, 9.17) is 4.98 Å². The molecule has 158 valence electrons. The number of rotatable bonds is 3.